The summed E-state index contributed by atoms with van der Waals surface area (Å²) in [7, 11) is 0. The highest BCUT2D eigenvalue weighted by molar-refractivity contribution is 6.10. The van der Waals surface area contributed by atoms with Crippen LogP contribution in [0.5, 0.6) is 0 Å². The lowest BCUT2D eigenvalue weighted by Gasteiger charge is -2.11. The smallest absolute Gasteiger partial charge is 0.173 e. The van der Waals surface area contributed by atoms with Crippen LogP contribution in [0.15, 0.2) is 48.5 Å². The maximum Gasteiger partial charge on any atom is 0.173 e. The Morgan fingerprint density at radius 2 is 1.10 bits per heavy atom. The van der Waals surface area contributed by atoms with Gasteiger partial charge in [0.15, 0.2) is 11.6 Å². The van der Waals surface area contributed by atoms with Gasteiger partial charge in [0.2, 0.25) is 0 Å². The van der Waals surface area contributed by atoms with Crippen LogP contribution in [-0.2, 0) is 9.59 Å². The number of rotatable bonds is 8. The Bertz CT molecular complexity index is 914. The molecule has 0 amide bonds. The molecule has 0 aliphatic carbocycles. The molecule has 1 atom stereocenters. The molecule has 0 aliphatic rings. The number of hydrogen-bond acceptors (Lipinski definition) is 4. The number of hydrogen-bond donors (Lipinski definition) is 0. The largest absolute Gasteiger partial charge is 0.299 e. The first kappa shape index (κ1) is 26.0. The molecule has 0 heterocycles. The molecule has 0 bridgehead atoms. The number of benzene rings is 2. The van der Waals surface area contributed by atoms with Crippen LogP contribution < -0.4 is 0 Å². The fraction of sp³-hybridized carbons (Fsp3) is 0.360. The van der Waals surface area contributed by atoms with E-state index in [1.807, 2.05) is 0 Å². The Hall–Kier alpha value is -3.02. The minimum Gasteiger partial charge on any atom is -0.299 e. The van der Waals surface area contributed by atoms with E-state index in [1.54, 1.807) is 34.6 Å². The zero-order valence-electron chi connectivity index (χ0n) is 18.4. The van der Waals surface area contributed by atoms with Crippen molar-refractivity contribution in [1.29, 1.82) is 0 Å². The summed E-state index contributed by atoms with van der Waals surface area (Å²) in [5, 5.41) is 0. The third-order valence-corrected chi connectivity index (χ3v) is 4.66. The first-order chi connectivity index (χ1) is 14.4. The second-order valence-electron chi connectivity index (χ2n) is 7.88. The van der Waals surface area contributed by atoms with E-state index < -0.39 is 5.92 Å². The van der Waals surface area contributed by atoms with Crippen molar-refractivity contribution < 1.29 is 28.0 Å². The van der Waals surface area contributed by atoms with Crippen LogP contribution in [0.25, 0.3) is 0 Å². The normalized spacial score (nSPS) is 11.5. The number of carbonyl (C=O) groups excluding carboxylic acids is 4. The summed E-state index contributed by atoms with van der Waals surface area (Å²) in [6, 6.07) is 10.5. The van der Waals surface area contributed by atoms with E-state index in [0.29, 0.717) is 11.1 Å². The molecule has 2 rings (SSSR count). The van der Waals surface area contributed by atoms with Crippen molar-refractivity contribution in [2.24, 2.45) is 17.8 Å². The lowest BCUT2D eigenvalue weighted by atomic mass is 9.90. The molecule has 0 spiro atoms. The molecular weight excluding hydrogens is 402 g/mol. The van der Waals surface area contributed by atoms with E-state index in [4.69, 9.17) is 0 Å². The molecule has 0 N–H and O–H groups in total. The van der Waals surface area contributed by atoms with Gasteiger partial charge in [0.25, 0.3) is 0 Å². The van der Waals surface area contributed by atoms with Crippen molar-refractivity contribution in [3.8, 4) is 0 Å². The first-order valence-corrected chi connectivity index (χ1v) is 10.1. The van der Waals surface area contributed by atoms with Crippen LogP contribution >= 0.6 is 0 Å². The summed E-state index contributed by atoms with van der Waals surface area (Å²) < 4.78 is 25.2. The maximum absolute atomic E-state index is 12.7. The summed E-state index contributed by atoms with van der Waals surface area (Å²) >= 11 is 0. The van der Waals surface area contributed by atoms with Gasteiger partial charge < -0.3 is 0 Å². The molecular formula is C25H28F2O4. The van der Waals surface area contributed by atoms with Crippen molar-refractivity contribution in [1.82, 2.24) is 0 Å². The van der Waals surface area contributed by atoms with E-state index in [2.05, 4.69) is 0 Å². The number of ketones is 4. The standard InChI is InChI=1S/C13H15FO2.C12H13FO2/c1-8(2)12(15)9(3)13(16)10-4-6-11(14)7-5-10;1-8(2)11(14)7-12(15)9-3-5-10(13)6-4-9/h4-9H,1-3H3;3-6,8H,7H2,1-2H3. The van der Waals surface area contributed by atoms with Gasteiger partial charge in [-0.25, -0.2) is 8.78 Å². The predicted molar refractivity (Wildman–Crippen MR) is 115 cm³/mol. The van der Waals surface area contributed by atoms with E-state index in [1.165, 1.54) is 48.5 Å². The van der Waals surface area contributed by atoms with E-state index in [-0.39, 0.29) is 53.0 Å². The third-order valence-electron chi connectivity index (χ3n) is 4.66. The van der Waals surface area contributed by atoms with Gasteiger partial charge in [-0.05, 0) is 55.5 Å². The van der Waals surface area contributed by atoms with Crippen LogP contribution in [0, 0.1) is 29.4 Å². The molecule has 4 nitrogen and oxygen atoms in total. The molecule has 31 heavy (non-hydrogen) atoms. The molecule has 2 aromatic rings. The summed E-state index contributed by atoms with van der Waals surface area (Å²) in [5.74, 6) is -2.44. The monoisotopic (exact) mass is 430 g/mol. The molecule has 0 aromatic heterocycles. The van der Waals surface area contributed by atoms with E-state index in [0.717, 1.165) is 0 Å². The SMILES string of the molecule is CC(C)C(=O)C(C)C(=O)c1ccc(F)cc1.CC(C)C(=O)CC(=O)c1ccc(F)cc1. The second kappa shape index (κ2) is 12.0. The molecule has 1 unspecified atom stereocenters. The minimum absolute atomic E-state index is 0.0886. The van der Waals surface area contributed by atoms with Crippen molar-refractivity contribution in [3.63, 3.8) is 0 Å². The van der Waals surface area contributed by atoms with Crippen LogP contribution in [0.3, 0.4) is 0 Å². The Morgan fingerprint density at radius 1 is 0.677 bits per heavy atom. The quantitative estimate of drug-likeness (QED) is 0.410. The molecule has 0 saturated carbocycles. The van der Waals surface area contributed by atoms with Crippen molar-refractivity contribution in [3.05, 3.63) is 71.3 Å². The summed E-state index contributed by atoms with van der Waals surface area (Å²) in [6.45, 7) is 8.61. The average molecular weight is 430 g/mol. The molecule has 0 saturated heterocycles. The molecule has 0 fully saturated rings. The van der Waals surface area contributed by atoms with Gasteiger partial charge in [-0.2, -0.15) is 0 Å². The van der Waals surface area contributed by atoms with Crippen molar-refractivity contribution >= 4 is 23.1 Å². The van der Waals surface area contributed by atoms with Crippen LogP contribution in [0.2, 0.25) is 0 Å². The van der Waals surface area contributed by atoms with Gasteiger partial charge >= 0.3 is 0 Å². The van der Waals surface area contributed by atoms with Crippen LogP contribution in [0.1, 0.15) is 61.8 Å². The molecule has 0 aliphatic heterocycles. The summed E-state index contributed by atoms with van der Waals surface area (Å²) in [5.41, 5.74) is 0.758. The van der Waals surface area contributed by atoms with Gasteiger partial charge in [0, 0.05) is 23.0 Å². The average Bonchev–Trinajstić information content (AvgIpc) is 2.73. The lowest BCUT2D eigenvalue weighted by Crippen LogP contribution is -2.25. The van der Waals surface area contributed by atoms with Gasteiger partial charge in [-0.3, -0.25) is 19.2 Å². The summed E-state index contributed by atoms with van der Waals surface area (Å²) in [6.07, 6.45) is -0.108. The van der Waals surface area contributed by atoms with Crippen molar-refractivity contribution in [2.75, 3.05) is 0 Å². The molecule has 166 valence electrons. The van der Waals surface area contributed by atoms with E-state index >= 15 is 0 Å². The van der Waals surface area contributed by atoms with Crippen LogP contribution in [-0.4, -0.2) is 23.1 Å². The number of halogens is 2. The number of carbonyl (C=O) groups is 4. The minimum atomic E-state index is -0.662. The lowest BCUT2D eigenvalue weighted by molar-refractivity contribution is -0.124. The van der Waals surface area contributed by atoms with E-state index in [9.17, 15) is 28.0 Å². The van der Waals surface area contributed by atoms with Crippen molar-refractivity contribution in [2.45, 2.75) is 41.0 Å². The molecule has 2 aromatic carbocycles. The van der Waals surface area contributed by atoms with Gasteiger partial charge in [-0.1, -0.05) is 27.7 Å². The van der Waals surface area contributed by atoms with Gasteiger partial charge in [0.1, 0.15) is 23.2 Å². The summed E-state index contributed by atoms with van der Waals surface area (Å²) in [4.78, 5) is 46.3. The van der Waals surface area contributed by atoms with Gasteiger partial charge in [-0.15, -0.1) is 0 Å². The molecule has 6 heteroatoms. The highest BCUT2D eigenvalue weighted by atomic mass is 19.1. The third kappa shape index (κ3) is 8.32. The topological polar surface area (TPSA) is 68.3 Å². The second-order valence-corrected chi connectivity index (χ2v) is 7.88. The highest BCUT2D eigenvalue weighted by Crippen LogP contribution is 2.14. The Labute approximate surface area is 181 Å². The fourth-order valence-electron chi connectivity index (χ4n) is 2.59. The highest BCUT2D eigenvalue weighted by Gasteiger charge is 2.24. The number of Topliss-reactive ketones (excluding diaryl/α,β-unsaturated/α-hetero) is 4. The van der Waals surface area contributed by atoms with Gasteiger partial charge in [0.05, 0.1) is 12.3 Å². The predicted octanol–water partition coefficient (Wildman–Crippen LogP) is 5.49. The fourth-order valence-corrected chi connectivity index (χ4v) is 2.59. The Morgan fingerprint density at radius 3 is 1.48 bits per heavy atom. The Kier molecular flexibility index (Phi) is 10.1. The molecule has 0 radical (unpaired) electrons. The Balaban J connectivity index is 0.000000311. The maximum atomic E-state index is 12.7. The zero-order chi connectivity index (χ0) is 23.7. The van der Waals surface area contributed by atoms with Crippen LogP contribution in [0.4, 0.5) is 8.78 Å². The zero-order valence-corrected chi connectivity index (χ0v) is 18.4. The first-order valence-electron chi connectivity index (χ1n) is 10.1.